The van der Waals surface area contributed by atoms with Gasteiger partial charge in [0, 0.05) is 7.05 Å². The number of halogens is 1. The Hall–Kier alpha value is -0.350. The highest BCUT2D eigenvalue weighted by Gasteiger charge is 2.27. The number of aliphatic hydroxyl groups is 1. The first kappa shape index (κ1) is 10.7. The maximum Gasteiger partial charge on any atom is 0.104 e. The fraction of sp³-hybridized carbons (Fsp3) is 0.667. The van der Waals surface area contributed by atoms with Crippen LogP contribution in [0.4, 0.5) is 0 Å². The van der Waals surface area contributed by atoms with Crippen molar-refractivity contribution in [1.29, 1.82) is 0 Å². The number of aromatic nitrogens is 2. The summed E-state index contributed by atoms with van der Waals surface area (Å²) in [5, 5.41) is 14.2. The Balaban J connectivity index is 3.05. The Bertz CT molecular complexity index is 274. The van der Waals surface area contributed by atoms with Crippen molar-refractivity contribution in [2.75, 3.05) is 0 Å². The van der Waals surface area contributed by atoms with Crippen molar-refractivity contribution < 1.29 is 5.11 Å². The first-order valence-electron chi connectivity index (χ1n) is 4.39. The molecule has 1 heterocycles. The molecular formula is C9H15BrN2O. The molecule has 1 rings (SSSR count). The normalized spacial score (nSPS) is 15.8. The van der Waals surface area contributed by atoms with E-state index in [9.17, 15) is 5.11 Å². The Labute approximate surface area is 86.9 Å². The van der Waals surface area contributed by atoms with Gasteiger partial charge in [-0.15, -0.1) is 0 Å². The summed E-state index contributed by atoms with van der Waals surface area (Å²) < 4.78 is 2.58. The molecule has 0 aliphatic heterocycles. The van der Waals surface area contributed by atoms with E-state index in [1.165, 1.54) is 0 Å². The van der Waals surface area contributed by atoms with E-state index in [4.69, 9.17) is 0 Å². The average molecular weight is 247 g/mol. The van der Waals surface area contributed by atoms with Crippen LogP contribution >= 0.6 is 15.9 Å². The molecule has 0 aromatic carbocycles. The van der Waals surface area contributed by atoms with E-state index in [1.54, 1.807) is 10.9 Å². The summed E-state index contributed by atoms with van der Waals surface area (Å²) in [5.41, 5.74) is 0.0492. The predicted molar refractivity (Wildman–Crippen MR) is 55.4 cm³/mol. The Morgan fingerprint density at radius 2 is 2.31 bits per heavy atom. The van der Waals surface area contributed by atoms with Crippen LogP contribution in [0.5, 0.6) is 0 Å². The quantitative estimate of drug-likeness (QED) is 0.889. The van der Waals surface area contributed by atoms with E-state index >= 15 is 0 Å². The highest BCUT2D eigenvalue weighted by atomic mass is 79.9. The van der Waals surface area contributed by atoms with E-state index < -0.39 is 5.60 Å². The van der Waals surface area contributed by atoms with Crippen LogP contribution in [0.2, 0.25) is 0 Å². The van der Waals surface area contributed by atoms with Crippen LogP contribution in [-0.2, 0) is 12.6 Å². The topological polar surface area (TPSA) is 38.1 Å². The van der Waals surface area contributed by atoms with Gasteiger partial charge in [0.05, 0.1) is 16.4 Å². The van der Waals surface area contributed by atoms with Gasteiger partial charge in [-0.1, -0.05) is 13.3 Å². The van der Waals surface area contributed by atoms with Gasteiger partial charge in [-0.3, -0.25) is 4.68 Å². The van der Waals surface area contributed by atoms with Crippen molar-refractivity contribution in [3.05, 3.63) is 16.4 Å². The van der Waals surface area contributed by atoms with Crippen molar-refractivity contribution in [1.82, 2.24) is 9.78 Å². The molecule has 0 bridgehead atoms. The third-order valence-electron chi connectivity index (χ3n) is 2.14. The number of nitrogens with zero attached hydrogens (tertiary/aromatic N) is 2. The van der Waals surface area contributed by atoms with Crippen molar-refractivity contribution in [3.8, 4) is 0 Å². The molecule has 0 saturated heterocycles. The smallest absolute Gasteiger partial charge is 0.104 e. The monoisotopic (exact) mass is 246 g/mol. The Kier molecular flexibility index (Phi) is 3.14. The lowest BCUT2D eigenvalue weighted by atomic mass is 9.97. The fourth-order valence-electron chi connectivity index (χ4n) is 1.62. The van der Waals surface area contributed by atoms with Gasteiger partial charge in [-0.2, -0.15) is 5.10 Å². The molecule has 4 heteroatoms. The van der Waals surface area contributed by atoms with Crippen LogP contribution < -0.4 is 0 Å². The molecule has 74 valence electrons. The van der Waals surface area contributed by atoms with E-state index in [-0.39, 0.29) is 0 Å². The van der Waals surface area contributed by atoms with Gasteiger partial charge in [0.2, 0.25) is 0 Å². The van der Waals surface area contributed by atoms with Gasteiger partial charge in [-0.05, 0) is 29.3 Å². The third-order valence-corrected chi connectivity index (χ3v) is 2.72. The van der Waals surface area contributed by atoms with E-state index in [1.807, 2.05) is 14.0 Å². The first-order chi connectivity index (χ1) is 5.99. The minimum absolute atomic E-state index is 0.741. The number of hydrogen-bond acceptors (Lipinski definition) is 2. The van der Waals surface area contributed by atoms with Crippen molar-refractivity contribution >= 4 is 15.9 Å². The first-order valence-corrected chi connectivity index (χ1v) is 5.18. The van der Waals surface area contributed by atoms with Crippen LogP contribution in [0.25, 0.3) is 0 Å². The molecule has 0 aliphatic carbocycles. The second kappa shape index (κ2) is 3.80. The highest BCUT2D eigenvalue weighted by Crippen LogP contribution is 2.30. The van der Waals surface area contributed by atoms with Gasteiger partial charge in [-0.25, -0.2) is 0 Å². The van der Waals surface area contributed by atoms with Crippen molar-refractivity contribution in [2.24, 2.45) is 7.05 Å². The molecule has 0 amide bonds. The molecule has 0 fully saturated rings. The summed E-state index contributed by atoms with van der Waals surface area (Å²) >= 11 is 3.38. The maximum absolute atomic E-state index is 10.1. The largest absolute Gasteiger partial charge is 0.384 e. The van der Waals surface area contributed by atoms with Gasteiger partial charge in [0.15, 0.2) is 0 Å². The molecule has 13 heavy (non-hydrogen) atoms. The summed E-state index contributed by atoms with van der Waals surface area (Å²) in [6, 6.07) is 0. The highest BCUT2D eigenvalue weighted by molar-refractivity contribution is 9.10. The zero-order valence-corrected chi connectivity index (χ0v) is 9.80. The zero-order valence-electron chi connectivity index (χ0n) is 8.21. The molecule has 1 N–H and O–H groups in total. The van der Waals surface area contributed by atoms with E-state index in [0.29, 0.717) is 0 Å². The molecule has 0 radical (unpaired) electrons. The summed E-state index contributed by atoms with van der Waals surface area (Å²) in [6.07, 6.45) is 3.40. The van der Waals surface area contributed by atoms with Crippen LogP contribution in [0, 0.1) is 0 Å². The van der Waals surface area contributed by atoms with Crippen LogP contribution in [-0.4, -0.2) is 14.9 Å². The van der Waals surface area contributed by atoms with Gasteiger partial charge in [0.25, 0.3) is 0 Å². The van der Waals surface area contributed by atoms with Crippen LogP contribution in [0.3, 0.4) is 0 Å². The summed E-state index contributed by atoms with van der Waals surface area (Å²) in [5.74, 6) is 0. The van der Waals surface area contributed by atoms with Crippen molar-refractivity contribution in [2.45, 2.75) is 32.3 Å². The molecule has 1 atom stereocenters. The molecule has 1 unspecified atom stereocenters. The molecular weight excluding hydrogens is 232 g/mol. The Morgan fingerprint density at radius 3 is 2.69 bits per heavy atom. The Morgan fingerprint density at radius 1 is 1.69 bits per heavy atom. The SMILES string of the molecule is CCCC(C)(O)c1c(Br)cnn1C. The molecule has 0 aliphatic rings. The summed E-state index contributed by atoms with van der Waals surface area (Å²) in [7, 11) is 1.84. The molecule has 0 saturated carbocycles. The van der Waals surface area contributed by atoms with Crippen molar-refractivity contribution in [3.63, 3.8) is 0 Å². The lowest BCUT2D eigenvalue weighted by Crippen LogP contribution is -2.24. The zero-order chi connectivity index (χ0) is 10.1. The average Bonchev–Trinajstić information content (AvgIpc) is 2.31. The third kappa shape index (κ3) is 2.11. The van der Waals surface area contributed by atoms with E-state index in [0.717, 1.165) is 23.0 Å². The lowest BCUT2D eigenvalue weighted by Gasteiger charge is -2.23. The number of aryl methyl sites for hydroxylation is 1. The minimum atomic E-state index is -0.793. The second-order valence-electron chi connectivity index (χ2n) is 3.49. The van der Waals surface area contributed by atoms with Crippen LogP contribution in [0.15, 0.2) is 10.7 Å². The molecule has 3 nitrogen and oxygen atoms in total. The molecule has 0 spiro atoms. The van der Waals surface area contributed by atoms with Crippen LogP contribution in [0.1, 0.15) is 32.4 Å². The van der Waals surface area contributed by atoms with Gasteiger partial charge < -0.3 is 5.11 Å². The maximum atomic E-state index is 10.1. The minimum Gasteiger partial charge on any atom is -0.384 e. The van der Waals surface area contributed by atoms with Gasteiger partial charge >= 0.3 is 0 Å². The molecule has 1 aromatic heterocycles. The fourth-order valence-corrected chi connectivity index (χ4v) is 2.40. The summed E-state index contributed by atoms with van der Waals surface area (Å²) in [6.45, 7) is 3.87. The lowest BCUT2D eigenvalue weighted by molar-refractivity contribution is 0.0378. The predicted octanol–water partition coefficient (Wildman–Crippen LogP) is 2.19. The molecule has 1 aromatic rings. The summed E-state index contributed by atoms with van der Waals surface area (Å²) in [4.78, 5) is 0. The second-order valence-corrected chi connectivity index (χ2v) is 4.34. The number of rotatable bonds is 3. The number of hydrogen-bond donors (Lipinski definition) is 1. The van der Waals surface area contributed by atoms with E-state index in [2.05, 4.69) is 28.0 Å². The standard InChI is InChI=1S/C9H15BrN2O/c1-4-5-9(2,13)8-7(10)6-11-12(8)3/h6,13H,4-5H2,1-3H3. The van der Waals surface area contributed by atoms with Gasteiger partial charge in [0.1, 0.15) is 5.60 Å².